The summed E-state index contributed by atoms with van der Waals surface area (Å²) >= 11 is 0. The van der Waals surface area contributed by atoms with Crippen LogP contribution in [0.1, 0.15) is 5.69 Å². The van der Waals surface area contributed by atoms with Crippen molar-refractivity contribution >= 4 is 0 Å². The third kappa shape index (κ3) is 1.22. The van der Waals surface area contributed by atoms with Gasteiger partial charge in [0.25, 0.3) is 0 Å². The average molecular weight is 137 g/mol. The predicted molar refractivity (Wildman–Crippen MR) is 21.5 cm³/mol. The molecule has 0 aliphatic heterocycles. The Kier molecular flexibility index (Phi) is 1.19. The van der Waals surface area contributed by atoms with Crippen LogP contribution in [0, 0.1) is 0 Å². The van der Waals surface area contributed by atoms with Crippen molar-refractivity contribution in [2.24, 2.45) is 0 Å². The Morgan fingerprint density at radius 1 is 1.44 bits per heavy atom. The van der Waals surface area contributed by atoms with Gasteiger partial charge in [-0.05, 0) is 0 Å². The lowest BCUT2D eigenvalue weighted by Crippen LogP contribution is -2.04. The van der Waals surface area contributed by atoms with Crippen molar-refractivity contribution in [3.63, 3.8) is 0 Å². The normalized spacial score (nSPS) is 11.9. The quantitative estimate of drug-likeness (QED) is 0.543. The van der Waals surface area contributed by atoms with Gasteiger partial charge in [0.2, 0.25) is 0 Å². The molecule has 50 valence electrons. The largest absolute Gasteiger partial charge is 0.451 e. The molecule has 0 atom stereocenters. The summed E-state index contributed by atoms with van der Waals surface area (Å²) in [6, 6.07) is 0. The Bertz CT molecular complexity index is 178. The van der Waals surface area contributed by atoms with Gasteiger partial charge in [0.1, 0.15) is 6.26 Å². The molecule has 1 rings (SSSR count). The molecule has 9 heavy (non-hydrogen) atoms. The van der Waals surface area contributed by atoms with E-state index in [0.717, 1.165) is 6.39 Å². The molecular formula is C4H2F3NO. The maximum Gasteiger partial charge on any atom is 0.436 e. The molecule has 0 saturated heterocycles. The number of alkyl halides is 3. The van der Waals surface area contributed by atoms with Crippen molar-refractivity contribution in [1.82, 2.24) is 4.98 Å². The van der Waals surface area contributed by atoms with Gasteiger partial charge in [0.05, 0.1) is 0 Å². The molecule has 0 amide bonds. The van der Waals surface area contributed by atoms with Crippen LogP contribution in [0.2, 0.25) is 0 Å². The van der Waals surface area contributed by atoms with Gasteiger partial charge in [-0.3, -0.25) is 0 Å². The van der Waals surface area contributed by atoms with Crippen molar-refractivity contribution in [2.45, 2.75) is 6.18 Å². The van der Waals surface area contributed by atoms with Crippen molar-refractivity contribution in [3.05, 3.63) is 18.4 Å². The smallest absolute Gasteiger partial charge is 0.436 e. The zero-order chi connectivity index (χ0) is 6.91. The zero-order valence-corrected chi connectivity index (χ0v) is 4.14. The standard InChI is InChI=1S/C4H2F3NO/c5-4(6,7)3-1-9-2-8-3/h1-2H. The van der Waals surface area contributed by atoms with Crippen LogP contribution in [0.5, 0.6) is 0 Å². The Hall–Kier alpha value is -1.00. The summed E-state index contributed by atoms with van der Waals surface area (Å²) in [6.45, 7) is 0. The van der Waals surface area contributed by atoms with Gasteiger partial charge in [0, 0.05) is 0 Å². The zero-order valence-electron chi connectivity index (χ0n) is 4.14. The van der Waals surface area contributed by atoms with E-state index in [9.17, 15) is 13.2 Å². The fraction of sp³-hybridized carbons (Fsp3) is 0.250. The minimum Gasteiger partial charge on any atom is -0.451 e. The lowest BCUT2D eigenvalue weighted by Gasteiger charge is -1.97. The predicted octanol–water partition coefficient (Wildman–Crippen LogP) is 1.69. The van der Waals surface area contributed by atoms with Crippen LogP contribution in [0.4, 0.5) is 13.2 Å². The summed E-state index contributed by atoms with van der Waals surface area (Å²) in [5, 5.41) is 0. The Morgan fingerprint density at radius 3 is 2.33 bits per heavy atom. The molecule has 0 saturated carbocycles. The third-order valence-electron chi connectivity index (χ3n) is 0.723. The van der Waals surface area contributed by atoms with Gasteiger partial charge >= 0.3 is 6.18 Å². The summed E-state index contributed by atoms with van der Waals surface area (Å²) in [4.78, 5) is 2.90. The van der Waals surface area contributed by atoms with Gasteiger partial charge in [0.15, 0.2) is 12.1 Å². The number of nitrogens with zero attached hydrogens (tertiary/aromatic N) is 1. The molecule has 0 aliphatic carbocycles. The first-order valence-corrected chi connectivity index (χ1v) is 2.06. The molecule has 0 bridgehead atoms. The van der Waals surface area contributed by atoms with Crippen LogP contribution in [-0.4, -0.2) is 4.98 Å². The summed E-state index contributed by atoms with van der Waals surface area (Å²) in [5.41, 5.74) is -0.998. The van der Waals surface area contributed by atoms with E-state index in [-0.39, 0.29) is 0 Å². The molecule has 1 aromatic heterocycles. The molecule has 0 radical (unpaired) electrons. The summed E-state index contributed by atoms with van der Waals surface area (Å²) in [6.07, 6.45) is -3.09. The van der Waals surface area contributed by atoms with E-state index >= 15 is 0 Å². The maximum absolute atomic E-state index is 11.5. The van der Waals surface area contributed by atoms with E-state index in [1.807, 2.05) is 0 Å². The summed E-state index contributed by atoms with van der Waals surface area (Å²) < 4.78 is 38.6. The second kappa shape index (κ2) is 1.75. The van der Waals surface area contributed by atoms with E-state index in [0.29, 0.717) is 6.26 Å². The average Bonchev–Trinajstić information content (AvgIpc) is 2.08. The number of rotatable bonds is 0. The minimum atomic E-state index is -4.38. The highest BCUT2D eigenvalue weighted by Crippen LogP contribution is 2.26. The van der Waals surface area contributed by atoms with Gasteiger partial charge in [-0.25, -0.2) is 4.98 Å². The van der Waals surface area contributed by atoms with Crippen molar-refractivity contribution in [1.29, 1.82) is 0 Å². The number of halogens is 3. The van der Waals surface area contributed by atoms with Crippen LogP contribution >= 0.6 is 0 Å². The molecule has 0 N–H and O–H groups in total. The number of hydrogen-bond acceptors (Lipinski definition) is 2. The van der Waals surface area contributed by atoms with Crippen LogP contribution < -0.4 is 0 Å². The first-order valence-electron chi connectivity index (χ1n) is 2.06. The van der Waals surface area contributed by atoms with Crippen molar-refractivity contribution < 1.29 is 17.6 Å². The Balaban J connectivity index is 2.90. The van der Waals surface area contributed by atoms with Crippen LogP contribution in [0.25, 0.3) is 0 Å². The fourth-order valence-corrected chi connectivity index (χ4v) is 0.353. The van der Waals surface area contributed by atoms with Crippen LogP contribution in [-0.2, 0) is 6.18 Å². The van der Waals surface area contributed by atoms with E-state index in [1.54, 1.807) is 0 Å². The van der Waals surface area contributed by atoms with Crippen molar-refractivity contribution in [3.8, 4) is 0 Å². The highest BCUT2D eigenvalue weighted by molar-refractivity contribution is 4.95. The second-order valence-electron chi connectivity index (χ2n) is 1.37. The molecular weight excluding hydrogens is 135 g/mol. The highest BCUT2D eigenvalue weighted by Gasteiger charge is 2.33. The van der Waals surface area contributed by atoms with E-state index in [1.165, 1.54) is 0 Å². The lowest BCUT2D eigenvalue weighted by molar-refractivity contribution is -0.141. The first-order chi connectivity index (χ1) is 4.11. The number of oxazole rings is 1. The Labute approximate surface area is 48.3 Å². The van der Waals surface area contributed by atoms with E-state index in [4.69, 9.17) is 0 Å². The monoisotopic (exact) mass is 137 g/mol. The molecule has 0 unspecified atom stereocenters. The van der Waals surface area contributed by atoms with Crippen molar-refractivity contribution in [2.75, 3.05) is 0 Å². The number of aromatic nitrogens is 1. The molecule has 0 aliphatic rings. The first kappa shape index (κ1) is 6.12. The molecule has 5 heteroatoms. The highest BCUT2D eigenvalue weighted by atomic mass is 19.4. The fourth-order valence-electron chi connectivity index (χ4n) is 0.353. The molecule has 0 spiro atoms. The topological polar surface area (TPSA) is 26.0 Å². The lowest BCUT2D eigenvalue weighted by atomic mass is 10.5. The molecule has 0 fully saturated rings. The van der Waals surface area contributed by atoms with Crippen LogP contribution in [0.3, 0.4) is 0 Å². The molecule has 1 aromatic rings. The van der Waals surface area contributed by atoms with E-state index in [2.05, 4.69) is 9.40 Å². The minimum absolute atomic E-state index is 0.556. The van der Waals surface area contributed by atoms with E-state index < -0.39 is 11.9 Å². The summed E-state index contributed by atoms with van der Waals surface area (Å²) in [7, 11) is 0. The Morgan fingerprint density at radius 2 is 2.11 bits per heavy atom. The van der Waals surface area contributed by atoms with Crippen LogP contribution in [0.15, 0.2) is 17.1 Å². The number of hydrogen-bond donors (Lipinski definition) is 0. The molecule has 2 nitrogen and oxygen atoms in total. The van der Waals surface area contributed by atoms with Gasteiger partial charge < -0.3 is 4.42 Å². The SMILES string of the molecule is FC(F)(F)c1cocn1. The molecule has 1 heterocycles. The van der Waals surface area contributed by atoms with Gasteiger partial charge in [-0.1, -0.05) is 0 Å². The van der Waals surface area contributed by atoms with Gasteiger partial charge in [-0.15, -0.1) is 0 Å². The van der Waals surface area contributed by atoms with Gasteiger partial charge in [-0.2, -0.15) is 13.2 Å². The summed E-state index contributed by atoms with van der Waals surface area (Å²) in [5.74, 6) is 0. The third-order valence-corrected chi connectivity index (χ3v) is 0.723. The maximum atomic E-state index is 11.5. The second-order valence-corrected chi connectivity index (χ2v) is 1.37. The molecule has 0 aromatic carbocycles.